The van der Waals surface area contributed by atoms with E-state index in [-0.39, 0.29) is 5.69 Å². The Hall–Kier alpha value is -1.12. The Balaban J connectivity index is 3.04. The Morgan fingerprint density at radius 2 is 2.23 bits per heavy atom. The summed E-state index contributed by atoms with van der Waals surface area (Å²) < 4.78 is 0. The molecule has 1 heterocycles. The summed E-state index contributed by atoms with van der Waals surface area (Å²) >= 11 is 0. The maximum Gasteiger partial charge on any atom is 0.345 e. The van der Waals surface area contributed by atoms with E-state index in [0.717, 1.165) is 24.2 Å². The van der Waals surface area contributed by atoms with Crippen LogP contribution < -0.4 is 5.69 Å². The summed E-state index contributed by atoms with van der Waals surface area (Å²) in [5.41, 5.74) is 1.65. The highest BCUT2D eigenvalue weighted by Gasteiger charge is 2.03. The van der Waals surface area contributed by atoms with E-state index in [0.29, 0.717) is 5.92 Å². The zero-order valence-corrected chi connectivity index (χ0v) is 8.42. The number of aromatic amines is 1. The zero-order chi connectivity index (χ0) is 9.84. The molecule has 0 amide bonds. The number of rotatable bonds is 3. The first kappa shape index (κ1) is 9.96. The molecular formula is C10H16N2O. The van der Waals surface area contributed by atoms with Gasteiger partial charge in [-0.15, -0.1) is 0 Å². The topological polar surface area (TPSA) is 45.8 Å². The molecular weight excluding hydrogens is 164 g/mol. The van der Waals surface area contributed by atoms with Crippen LogP contribution in [0.4, 0.5) is 0 Å². The molecule has 1 aromatic rings. The molecule has 0 aliphatic heterocycles. The summed E-state index contributed by atoms with van der Waals surface area (Å²) in [7, 11) is 0. The highest BCUT2D eigenvalue weighted by Crippen LogP contribution is 2.10. The summed E-state index contributed by atoms with van der Waals surface area (Å²) in [6, 6.07) is 1.98. The Morgan fingerprint density at radius 1 is 1.54 bits per heavy atom. The lowest BCUT2D eigenvalue weighted by molar-refractivity contribution is 0.775. The van der Waals surface area contributed by atoms with Gasteiger partial charge in [-0.05, 0) is 18.4 Å². The van der Waals surface area contributed by atoms with Gasteiger partial charge in [-0.2, -0.15) is 4.98 Å². The molecule has 0 bridgehead atoms. The summed E-state index contributed by atoms with van der Waals surface area (Å²) in [6.45, 7) is 6.17. The molecule has 0 saturated heterocycles. The second-order valence-corrected chi connectivity index (χ2v) is 3.54. The van der Waals surface area contributed by atoms with Crippen molar-refractivity contribution in [2.45, 2.75) is 39.5 Å². The van der Waals surface area contributed by atoms with Crippen molar-refractivity contribution >= 4 is 0 Å². The van der Waals surface area contributed by atoms with Gasteiger partial charge in [0.2, 0.25) is 0 Å². The smallest absolute Gasteiger partial charge is 0.310 e. The molecule has 0 fully saturated rings. The molecule has 13 heavy (non-hydrogen) atoms. The van der Waals surface area contributed by atoms with Crippen LogP contribution in [-0.4, -0.2) is 9.97 Å². The molecule has 0 unspecified atom stereocenters. The lowest BCUT2D eigenvalue weighted by Gasteiger charge is -2.05. The minimum absolute atomic E-state index is 0.227. The van der Waals surface area contributed by atoms with Crippen molar-refractivity contribution in [1.29, 1.82) is 0 Å². The van der Waals surface area contributed by atoms with E-state index in [9.17, 15) is 4.79 Å². The van der Waals surface area contributed by atoms with Crippen LogP contribution in [0.25, 0.3) is 0 Å². The largest absolute Gasteiger partial charge is 0.345 e. The van der Waals surface area contributed by atoms with Crippen LogP contribution in [0.1, 0.15) is 44.5 Å². The second-order valence-electron chi connectivity index (χ2n) is 3.54. The number of hydrogen-bond acceptors (Lipinski definition) is 2. The summed E-state index contributed by atoms with van der Waals surface area (Å²) in [4.78, 5) is 17.8. The fraction of sp³-hybridized carbons (Fsp3) is 0.600. The molecule has 0 atom stereocenters. The van der Waals surface area contributed by atoms with Crippen LogP contribution in [0, 0.1) is 0 Å². The molecule has 0 saturated carbocycles. The summed E-state index contributed by atoms with van der Waals surface area (Å²) in [5.74, 6) is 0.318. The van der Waals surface area contributed by atoms with Crippen molar-refractivity contribution < 1.29 is 0 Å². The third-order valence-electron chi connectivity index (χ3n) is 1.93. The van der Waals surface area contributed by atoms with Crippen LogP contribution in [0.5, 0.6) is 0 Å². The second kappa shape index (κ2) is 4.21. The maximum absolute atomic E-state index is 11.1. The van der Waals surface area contributed by atoms with Crippen molar-refractivity contribution in [2.75, 3.05) is 0 Å². The van der Waals surface area contributed by atoms with E-state index in [2.05, 4.69) is 16.9 Å². The van der Waals surface area contributed by atoms with Crippen LogP contribution in [0.15, 0.2) is 10.9 Å². The zero-order valence-electron chi connectivity index (χ0n) is 8.42. The fourth-order valence-corrected chi connectivity index (χ4v) is 1.23. The Labute approximate surface area is 78.2 Å². The van der Waals surface area contributed by atoms with E-state index in [1.165, 1.54) is 0 Å². The SMILES string of the molecule is CCCc1cc(C(C)C)nc(=O)[nH]1. The van der Waals surface area contributed by atoms with Gasteiger partial charge in [-0.1, -0.05) is 27.2 Å². The predicted octanol–water partition coefficient (Wildman–Crippen LogP) is 1.85. The van der Waals surface area contributed by atoms with Crippen LogP contribution >= 0.6 is 0 Å². The molecule has 72 valence electrons. The van der Waals surface area contributed by atoms with Crippen LogP contribution in [0.3, 0.4) is 0 Å². The van der Waals surface area contributed by atoms with Gasteiger partial charge in [-0.3, -0.25) is 0 Å². The predicted molar refractivity (Wildman–Crippen MR) is 52.9 cm³/mol. The molecule has 3 heteroatoms. The van der Waals surface area contributed by atoms with Crippen LogP contribution in [0.2, 0.25) is 0 Å². The minimum atomic E-state index is -0.227. The number of aromatic nitrogens is 2. The Morgan fingerprint density at radius 3 is 2.77 bits per heavy atom. The number of aryl methyl sites for hydroxylation is 1. The fourth-order valence-electron chi connectivity index (χ4n) is 1.23. The Bertz CT molecular complexity index is 328. The van der Waals surface area contributed by atoms with Gasteiger partial charge in [0.15, 0.2) is 0 Å². The average molecular weight is 180 g/mol. The molecule has 0 aliphatic carbocycles. The van der Waals surface area contributed by atoms with Gasteiger partial charge >= 0.3 is 5.69 Å². The molecule has 0 aromatic carbocycles. The normalized spacial score (nSPS) is 10.8. The van der Waals surface area contributed by atoms with Gasteiger partial charge in [0, 0.05) is 5.69 Å². The van der Waals surface area contributed by atoms with Crippen molar-refractivity contribution in [3.05, 3.63) is 27.9 Å². The average Bonchev–Trinajstić information content (AvgIpc) is 2.03. The van der Waals surface area contributed by atoms with Gasteiger partial charge in [0.05, 0.1) is 5.69 Å². The van der Waals surface area contributed by atoms with E-state index in [1.807, 2.05) is 19.9 Å². The lowest BCUT2D eigenvalue weighted by atomic mass is 10.1. The molecule has 1 rings (SSSR count). The third-order valence-corrected chi connectivity index (χ3v) is 1.93. The quantitative estimate of drug-likeness (QED) is 0.771. The number of H-pyrrole nitrogens is 1. The molecule has 1 N–H and O–H groups in total. The van der Waals surface area contributed by atoms with Crippen molar-refractivity contribution in [3.8, 4) is 0 Å². The first-order chi connectivity index (χ1) is 6.13. The van der Waals surface area contributed by atoms with Crippen molar-refractivity contribution in [2.24, 2.45) is 0 Å². The highest BCUT2D eigenvalue weighted by atomic mass is 16.1. The molecule has 0 aliphatic rings. The Kier molecular flexibility index (Phi) is 3.23. The van der Waals surface area contributed by atoms with Gasteiger partial charge in [0.1, 0.15) is 0 Å². The molecule has 0 radical (unpaired) electrons. The van der Waals surface area contributed by atoms with Crippen molar-refractivity contribution in [3.63, 3.8) is 0 Å². The molecule has 3 nitrogen and oxygen atoms in total. The van der Waals surface area contributed by atoms with Crippen molar-refractivity contribution in [1.82, 2.24) is 9.97 Å². The van der Waals surface area contributed by atoms with E-state index >= 15 is 0 Å². The lowest BCUT2D eigenvalue weighted by Crippen LogP contribution is -2.15. The number of hydrogen-bond donors (Lipinski definition) is 1. The summed E-state index contributed by atoms with van der Waals surface area (Å²) in [5, 5.41) is 0. The van der Waals surface area contributed by atoms with Gasteiger partial charge < -0.3 is 4.98 Å². The molecule has 1 aromatic heterocycles. The minimum Gasteiger partial charge on any atom is -0.310 e. The first-order valence-electron chi connectivity index (χ1n) is 4.73. The highest BCUT2D eigenvalue weighted by molar-refractivity contribution is 5.11. The van der Waals surface area contributed by atoms with Gasteiger partial charge in [-0.25, -0.2) is 4.79 Å². The van der Waals surface area contributed by atoms with Gasteiger partial charge in [0.25, 0.3) is 0 Å². The monoisotopic (exact) mass is 180 g/mol. The van der Waals surface area contributed by atoms with E-state index in [4.69, 9.17) is 0 Å². The standard InChI is InChI=1S/C10H16N2O/c1-4-5-8-6-9(7(2)3)12-10(13)11-8/h6-7H,4-5H2,1-3H3,(H,11,12,13). The number of nitrogens with one attached hydrogen (secondary N) is 1. The third kappa shape index (κ3) is 2.68. The summed E-state index contributed by atoms with van der Waals surface area (Å²) in [6.07, 6.45) is 1.95. The first-order valence-corrected chi connectivity index (χ1v) is 4.73. The maximum atomic E-state index is 11.1. The van der Waals surface area contributed by atoms with E-state index < -0.39 is 0 Å². The molecule has 0 spiro atoms. The van der Waals surface area contributed by atoms with E-state index in [1.54, 1.807) is 0 Å². The number of nitrogens with zero attached hydrogens (tertiary/aromatic N) is 1. The van der Waals surface area contributed by atoms with Crippen LogP contribution in [-0.2, 0) is 6.42 Å².